The summed E-state index contributed by atoms with van der Waals surface area (Å²) in [6.45, 7) is 0. The lowest BCUT2D eigenvalue weighted by Gasteiger charge is -2.01. The first-order chi connectivity index (χ1) is 6.33. The maximum absolute atomic E-state index is 11.3. The lowest BCUT2D eigenvalue weighted by molar-refractivity contribution is -0.577. The number of rotatable bonds is 1. The maximum atomic E-state index is 11.3. The molecule has 3 heteroatoms. The van der Waals surface area contributed by atoms with E-state index in [-0.39, 0.29) is 5.75 Å². The van der Waals surface area contributed by atoms with Crippen LogP contribution in [0.25, 0.3) is 10.9 Å². The number of hydrogen-bond donors (Lipinski definition) is 1. The van der Waals surface area contributed by atoms with Crippen molar-refractivity contribution >= 4 is 10.9 Å². The zero-order valence-electron chi connectivity index (χ0n) is 7.23. The quantitative estimate of drug-likeness (QED) is 0.505. The van der Waals surface area contributed by atoms with Gasteiger partial charge >= 0.3 is 0 Å². The second-order valence-electron chi connectivity index (χ2n) is 2.53. The second-order valence-corrected chi connectivity index (χ2v) is 2.53. The molecule has 12 heavy (non-hydrogen) atoms. The van der Waals surface area contributed by atoms with Gasteiger partial charge in [0.1, 0.15) is 0 Å². The third kappa shape index (κ3) is 0.871. The van der Waals surface area contributed by atoms with Gasteiger partial charge in [-0.3, -0.25) is 0 Å². The number of nitrogens with zero attached hydrogens (tertiary/aromatic N) is 1. The van der Waals surface area contributed by atoms with Crippen molar-refractivity contribution in [3.8, 4) is 5.75 Å². The minimum Gasteiger partial charge on any atom is -0.618 e. The zero-order valence-corrected chi connectivity index (χ0v) is 6.23. The van der Waals surface area contributed by atoms with Crippen LogP contribution >= 0.6 is 0 Å². The molecular formula is C9H7NO2. The van der Waals surface area contributed by atoms with E-state index in [1.807, 2.05) is 0 Å². The average Bonchev–Trinajstić information content (AvgIpc) is 2.17. The number of phenolic OH excluding ortho intramolecular Hbond substituents is 1. The SMILES string of the molecule is [2H]Oc1cccc2ccc[n+]([O-])c12. The van der Waals surface area contributed by atoms with Crippen molar-refractivity contribution in [1.29, 1.82) is 1.43 Å². The Morgan fingerprint density at radius 2 is 2.17 bits per heavy atom. The number of fused-ring (bicyclic) bond motifs is 1. The molecule has 0 aliphatic heterocycles. The van der Waals surface area contributed by atoms with Gasteiger partial charge in [0.25, 0.3) is 6.95 Å². The molecule has 3 nitrogen and oxygen atoms in total. The molecule has 2 rings (SSSR count). The van der Waals surface area contributed by atoms with Gasteiger partial charge in [-0.25, -0.2) is 0 Å². The lowest BCUT2D eigenvalue weighted by Crippen LogP contribution is -2.25. The number of benzene rings is 1. The Labute approximate surface area is 70.6 Å². The summed E-state index contributed by atoms with van der Waals surface area (Å²) >= 11 is 0. The Kier molecular flexibility index (Phi) is 1.15. The fourth-order valence-corrected chi connectivity index (χ4v) is 1.21. The summed E-state index contributed by atoms with van der Waals surface area (Å²) in [6, 6.07) is 8.58. The predicted octanol–water partition coefficient (Wildman–Crippen LogP) is 1.18. The van der Waals surface area contributed by atoms with E-state index in [2.05, 4.69) is 5.11 Å². The van der Waals surface area contributed by atoms with Crippen molar-refractivity contribution in [2.75, 3.05) is 0 Å². The van der Waals surface area contributed by atoms with Crippen LogP contribution in [0, 0.1) is 5.21 Å². The Balaban J connectivity index is 2.87. The highest BCUT2D eigenvalue weighted by Gasteiger charge is 2.06. The van der Waals surface area contributed by atoms with Gasteiger partial charge in [0.15, 0.2) is 11.9 Å². The maximum Gasteiger partial charge on any atom is 0.293 e. The van der Waals surface area contributed by atoms with Crippen LogP contribution in [-0.4, -0.2) is 6.54 Å². The monoisotopic (exact) mass is 162 g/mol. The third-order valence-corrected chi connectivity index (χ3v) is 1.75. The van der Waals surface area contributed by atoms with Crippen molar-refractivity contribution in [3.63, 3.8) is 0 Å². The van der Waals surface area contributed by atoms with Gasteiger partial charge < -0.3 is 10.3 Å². The van der Waals surface area contributed by atoms with E-state index in [1.54, 1.807) is 30.3 Å². The van der Waals surface area contributed by atoms with Gasteiger partial charge in [-0.2, -0.15) is 4.73 Å². The fourth-order valence-electron chi connectivity index (χ4n) is 1.21. The first kappa shape index (κ1) is 5.83. The van der Waals surface area contributed by atoms with E-state index in [9.17, 15) is 5.21 Å². The second kappa shape index (κ2) is 2.37. The molecule has 1 heterocycles. The van der Waals surface area contributed by atoms with Crippen molar-refractivity contribution in [2.24, 2.45) is 0 Å². The molecule has 1 aromatic carbocycles. The fraction of sp³-hybridized carbons (Fsp3) is 0. The predicted molar refractivity (Wildman–Crippen MR) is 44.6 cm³/mol. The Morgan fingerprint density at radius 3 is 3.00 bits per heavy atom. The standard InChI is InChI=1S/C9H7NO2/c11-8-5-1-3-7-4-2-6-10(12)9(7)8/h1-6,11H/i/hD. The highest BCUT2D eigenvalue weighted by molar-refractivity contribution is 5.80. The summed E-state index contributed by atoms with van der Waals surface area (Å²) in [6.07, 6.45) is 1.38. The minimum atomic E-state index is 0.271. The number of hydrogen-bond acceptors (Lipinski definition) is 2. The first-order valence-corrected chi connectivity index (χ1v) is 3.57. The van der Waals surface area contributed by atoms with Gasteiger partial charge in [0.05, 0.1) is 5.39 Å². The van der Waals surface area contributed by atoms with Crippen LogP contribution in [0.1, 0.15) is 0 Å². The molecule has 0 aliphatic carbocycles. The molecule has 0 atom stereocenters. The van der Waals surface area contributed by atoms with E-state index in [0.717, 1.165) is 5.39 Å². The summed E-state index contributed by atoms with van der Waals surface area (Å²) < 4.78 is 7.46. The Hall–Kier alpha value is -1.77. The number of aromatic nitrogens is 1. The van der Waals surface area contributed by atoms with Gasteiger partial charge in [0.2, 0.25) is 0 Å². The molecule has 0 bridgehead atoms. The van der Waals surface area contributed by atoms with E-state index < -0.39 is 0 Å². The van der Waals surface area contributed by atoms with Crippen LogP contribution in [0.2, 0.25) is 0 Å². The van der Waals surface area contributed by atoms with Gasteiger partial charge in [-0.05, 0) is 18.2 Å². The molecule has 1 aromatic heterocycles. The molecule has 0 saturated carbocycles. The lowest BCUT2D eigenvalue weighted by atomic mass is 10.2. The summed E-state index contributed by atoms with van der Waals surface area (Å²) in [5.41, 5.74) is 0.389. The van der Waals surface area contributed by atoms with Crippen molar-refractivity contribution in [3.05, 3.63) is 41.7 Å². The Bertz CT molecular complexity index is 439. The largest absolute Gasteiger partial charge is 0.618 e. The van der Waals surface area contributed by atoms with Crippen LogP contribution < -0.4 is 4.73 Å². The zero-order chi connectivity index (χ0) is 9.26. The van der Waals surface area contributed by atoms with E-state index >= 15 is 0 Å². The van der Waals surface area contributed by atoms with Crippen molar-refractivity contribution in [1.82, 2.24) is 0 Å². The molecule has 0 saturated heterocycles. The van der Waals surface area contributed by atoms with Gasteiger partial charge in [-0.15, -0.1) is 0 Å². The highest BCUT2D eigenvalue weighted by Crippen LogP contribution is 2.19. The van der Waals surface area contributed by atoms with Crippen LogP contribution in [0.5, 0.6) is 5.75 Å². The van der Waals surface area contributed by atoms with Crippen LogP contribution in [0.15, 0.2) is 36.5 Å². The molecule has 0 spiro atoms. The summed E-state index contributed by atoms with van der Waals surface area (Å²) in [5, 5.41) is 16.4. The highest BCUT2D eigenvalue weighted by atomic mass is 16.5. The van der Waals surface area contributed by atoms with Crippen molar-refractivity contribution < 1.29 is 9.84 Å². The van der Waals surface area contributed by atoms with Crippen LogP contribution in [-0.2, 0) is 0 Å². The first-order valence-electron chi connectivity index (χ1n) is 3.98. The van der Waals surface area contributed by atoms with Crippen LogP contribution in [0.4, 0.5) is 0 Å². The average molecular weight is 162 g/mol. The Morgan fingerprint density at radius 1 is 1.33 bits per heavy atom. The number of para-hydroxylation sites is 1. The van der Waals surface area contributed by atoms with E-state index in [4.69, 9.17) is 1.43 Å². The van der Waals surface area contributed by atoms with Gasteiger partial charge in [-0.1, -0.05) is 6.07 Å². The molecule has 1 N–H and O–H groups in total. The topological polar surface area (TPSA) is 47.2 Å². The summed E-state index contributed by atoms with van der Waals surface area (Å²) in [7, 11) is 0. The normalized spacial score (nSPS) is 11.2. The molecule has 60 valence electrons. The molecule has 0 fully saturated rings. The number of phenols is 1. The van der Waals surface area contributed by atoms with Gasteiger partial charge in [0, 0.05) is 6.07 Å². The minimum absolute atomic E-state index is 0.271. The molecule has 0 radical (unpaired) electrons. The molecule has 0 unspecified atom stereocenters. The smallest absolute Gasteiger partial charge is 0.293 e. The molecule has 0 amide bonds. The summed E-state index contributed by atoms with van der Waals surface area (Å²) in [5.74, 6) is 0.271. The number of pyridine rings is 1. The summed E-state index contributed by atoms with van der Waals surface area (Å²) in [4.78, 5) is 0. The third-order valence-electron chi connectivity index (χ3n) is 1.75. The molecule has 0 aliphatic rings. The molecule has 2 aromatic rings. The van der Waals surface area contributed by atoms with Crippen molar-refractivity contribution in [2.45, 2.75) is 0 Å². The number of aromatic hydroxyl groups is 1. The van der Waals surface area contributed by atoms with E-state index in [0.29, 0.717) is 10.2 Å². The van der Waals surface area contributed by atoms with E-state index in [1.165, 1.54) is 6.20 Å². The van der Waals surface area contributed by atoms with Crippen LogP contribution in [0.3, 0.4) is 0 Å². The molecular weight excluding hydrogens is 154 g/mol.